The van der Waals surface area contributed by atoms with Gasteiger partial charge in [-0.3, -0.25) is 0 Å². The number of carboxylic acids is 1. The zero-order valence-corrected chi connectivity index (χ0v) is 15.7. The smallest absolute Gasteiger partial charge is 0.430 e. The fraction of sp³-hybridized carbons (Fsp3) is 0.278. The van der Waals surface area contributed by atoms with E-state index < -0.39 is 12.1 Å². The lowest BCUT2D eigenvalue weighted by Gasteiger charge is -2.03. The number of benzene rings is 2. The normalized spacial score (nSPS) is 10.6. The number of hydrogen-bond donors (Lipinski definition) is 0. The molecule has 0 aromatic heterocycles. The van der Waals surface area contributed by atoms with E-state index >= 15 is 0 Å². The third-order valence-corrected chi connectivity index (χ3v) is 5.45. The molecular formula is C18H18F3IO3. The number of carbonyl (C=O) groups excluding carboxylic acids is 1. The van der Waals surface area contributed by atoms with Gasteiger partial charge in [0, 0.05) is 0 Å². The Hall–Kier alpha value is -1.77. The zero-order chi connectivity index (χ0) is 18.7. The molecule has 0 saturated carbocycles. The summed E-state index contributed by atoms with van der Waals surface area (Å²) in [6.45, 7) is 3.00. The SMILES string of the molecule is CCCCOc1ccc([I+]c2ccccc2)cc1.O=C([O-])C(F)(F)F. The summed E-state index contributed by atoms with van der Waals surface area (Å²) in [4.78, 5) is 8.78. The van der Waals surface area contributed by atoms with E-state index in [0.717, 1.165) is 18.8 Å². The molecule has 2 aromatic rings. The standard InChI is InChI=1S/C16H18IO.C2HF3O2/c1-2-3-13-18-16-11-9-15(10-12-16)17-14-7-5-4-6-8-14;3-2(4,5)1(6)7/h4-12H,2-3,13H2,1H3;(H,6,7)/q+1;/p-1. The van der Waals surface area contributed by atoms with Crippen LogP contribution < -0.4 is 31.0 Å². The number of carbonyl (C=O) groups is 1. The van der Waals surface area contributed by atoms with Gasteiger partial charge < -0.3 is 14.6 Å². The highest BCUT2D eigenvalue weighted by Gasteiger charge is 2.28. The van der Waals surface area contributed by atoms with Crippen molar-refractivity contribution in [1.29, 1.82) is 0 Å². The molecule has 0 aliphatic heterocycles. The number of aliphatic carboxylic acids is 1. The fourth-order valence-electron chi connectivity index (χ4n) is 1.53. The first-order chi connectivity index (χ1) is 11.8. The summed E-state index contributed by atoms with van der Waals surface area (Å²) in [6.07, 6.45) is -2.89. The molecule has 0 aliphatic carbocycles. The maximum atomic E-state index is 10.5. The van der Waals surface area contributed by atoms with E-state index in [0.29, 0.717) is 0 Å². The van der Waals surface area contributed by atoms with Crippen LogP contribution in [-0.2, 0) is 4.79 Å². The quantitative estimate of drug-likeness (QED) is 0.455. The predicted octanol–water partition coefficient (Wildman–Crippen LogP) is 0.292. The summed E-state index contributed by atoms with van der Waals surface area (Å²) in [5.74, 6) is -2.02. The lowest BCUT2D eigenvalue weighted by molar-refractivity contribution is -0.597. The Labute approximate surface area is 155 Å². The zero-order valence-electron chi connectivity index (χ0n) is 13.6. The summed E-state index contributed by atoms with van der Waals surface area (Å²) in [5.41, 5.74) is 0. The van der Waals surface area contributed by atoms with E-state index in [1.54, 1.807) is 0 Å². The van der Waals surface area contributed by atoms with E-state index in [-0.39, 0.29) is 21.2 Å². The maximum Gasteiger partial charge on any atom is 0.430 e. The van der Waals surface area contributed by atoms with Crippen molar-refractivity contribution in [1.82, 2.24) is 0 Å². The van der Waals surface area contributed by atoms with Gasteiger partial charge in [-0.2, -0.15) is 13.2 Å². The van der Waals surface area contributed by atoms with E-state index in [1.807, 2.05) is 0 Å². The molecule has 25 heavy (non-hydrogen) atoms. The van der Waals surface area contributed by atoms with Crippen LogP contribution in [0.25, 0.3) is 0 Å². The van der Waals surface area contributed by atoms with Crippen molar-refractivity contribution in [2.24, 2.45) is 0 Å². The van der Waals surface area contributed by atoms with Crippen LogP contribution in [0, 0.1) is 7.14 Å². The van der Waals surface area contributed by atoms with Crippen LogP contribution in [0.1, 0.15) is 19.8 Å². The Kier molecular flexibility index (Phi) is 9.33. The van der Waals surface area contributed by atoms with Gasteiger partial charge in [0.1, 0.15) is 11.7 Å². The number of alkyl halides is 3. The number of hydrogen-bond acceptors (Lipinski definition) is 3. The second kappa shape index (κ2) is 11.0. The second-order valence-corrected chi connectivity index (χ2v) is 7.86. The summed E-state index contributed by atoms with van der Waals surface area (Å²) in [5, 5.41) is 8.78. The van der Waals surface area contributed by atoms with E-state index in [9.17, 15) is 13.2 Å². The number of rotatable bonds is 6. The van der Waals surface area contributed by atoms with Crippen molar-refractivity contribution in [2.45, 2.75) is 25.9 Å². The monoisotopic (exact) mass is 466 g/mol. The van der Waals surface area contributed by atoms with Gasteiger partial charge in [0.25, 0.3) is 0 Å². The summed E-state index contributed by atoms with van der Waals surface area (Å²) >= 11 is -0.0564. The average Bonchev–Trinajstić information content (AvgIpc) is 2.57. The van der Waals surface area contributed by atoms with Crippen LogP contribution in [0.5, 0.6) is 5.75 Å². The molecule has 0 fully saturated rings. The lowest BCUT2D eigenvalue weighted by Crippen LogP contribution is -3.61. The molecule has 2 rings (SSSR count). The molecule has 2 aromatic carbocycles. The molecule has 0 spiro atoms. The van der Waals surface area contributed by atoms with Gasteiger partial charge in [0.2, 0.25) is 0 Å². The largest absolute Gasteiger partial charge is 0.542 e. The summed E-state index contributed by atoms with van der Waals surface area (Å²) in [7, 11) is 0. The van der Waals surface area contributed by atoms with Gasteiger partial charge in [-0.25, -0.2) is 0 Å². The minimum atomic E-state index is -5.19. The van der Waals surface area contributed by atoms with Crippen LogP contribution in [0.2, 0.25) is 0 Å². The highest BCUT2D eigenvalue weighted by atomic mass is 127. The summed E-state index contributed by atoms with van der Waals surface area (Å²) in [6, 6.07) is 19.3. The van der Waals surface area contributed by atoms with Gasteiger partial charge in [-0.15, -0.1) is 0 Å². The molecule has 0 bridgehead atoms. The van der Waals surface area contributed by atoms with Gasteiger partial charge in [0.05, 0.1) is 6.61 Å². The molecule has 0 N–H and O–H groups in total. The van der Waals surface area contributed by atoms with Crippen LogP contribution >= 0.6 is 0 Å². The molecule has 0 heterocycles. The number of halogens is 4. The Bertz CT molecular complexity index is 628. The van der Waals surface area contributed by atoms with Crippen LogP contribution in [-0.4, -0.2) is 18.8 Å². The third-order valence-electron chi connectivity index (χ3n) is 2.76. The van der Waals surface area contributed by atoms with Crippen molar-refractivity contribution in [3.05, 3.63) is 61.7 Å². The lowest BCUT2D eigenvalue weighted by atomic mass is 10.3. The predicted molar refractivity (Wildman–Crippen MR) is 81.7 cm³/mol. The Morgan fingerprint density at radius 3 is 2.04 bits per heavy atom. The molecule has 0 aliphatic rings. The topological polar surface area (TPSA) is 49.4 Å². The Morgan fingerprint density at radius 2 is 1.56 bits per heavy atom. The number of carboxylic acid groups (broad SMARTS) is 1. The number of ether oxygens (including phenoxy) is 1. The van der Waals surface area contributed by atoms with Crippen molar-refractivity contribution in [2.75, 3.05) is 6.61 Å². The number of unbranched alkanes of at least 4 members (excludes halogenated alkanes) is 1. The highest BCUT2D eigenvalue weighted by molar-refractivity contribution is 5.70. The van der Waals surface area contributed by atoms with E-state index in [1.165, 1.54) is 13.6 Å². The van der Waals surface area contributed by atoms with Crippen molar-refractivity contribution in [3.63, 3.8) is 0 Å². The molecule has 0 amide bonds. The molecule has 136 valence electrons. The molecule has 3 nitrogen and oxygen atoms in total. The summed E-state index contributed by atoms with van der Waals surface area (Å²) < 4.78 is 40.1. The fourth-order valence-corrected chi connectivity index (χ4v) is 3.74. The average molecular weight is 466 g/mol. The molecule has 7 heteroatoms. The molecule has 0 atom stereocenters. The molecular weight excluding hydrogens is 448 g/mol. The van der Waals surface area contributed by atoms with Crippen molar-refractivity contribution >= 4 is 5.97 Å². The van der Waals surface area contributed by atoms with Crippen molar-refractivity contribution in [3.8, 4) is 5.75 Å². The molecule has 0 unspecified atom stereocenters. The van der Waals surface area contributed by atoms with Crippen LogP contribution in [0.4, 0.5) is 13.2 Å². The molecule has 0 radical (unpaired) electrons. The molecule has 0 saturated heterocycles. The second-order valence-electron chi connectivity index (χ2n) is 4.83. The minimum Gasteiger partial charge on any atom is -0.542 e. The van der Waals surface area contributed by atoms with E-state index in [4.69, 9.17) is 14.6 Å². The van der Waals surface area contributed by atoms with Gasteiger partial charge in [-0.05, 0) is 42.8 Å². The first-order valence-corrected chi connectivity index (χ1v) is 9.69. The Balaban J connectivity index is 0.000000381. The third kappa shape index (κ3) is 9.33. The first-order valence-electron chi connectivity index (χ1n) is 7.54. The van der Waals surface area contributed by atoms with Crippen LogP contribution in [0.3, 0.4) is 0 Å². The minimum absolute atomic E-state index is 0.0564. The van der Waals surface area contributed by atoms with Crippen molar-refractivity contribution < 1.29 is 49.0 Å². The van der Waals surface area contributed by atoms with Gasteiger partial charge >= 0.3 is 27.4 Å². The van der Waals surface area contributed by atoms with Crippen LogP contribution in [0.15, 0.2) is 54.6 Å². The maximum absolute atomic E-state index is 10.5. The highest BCUT2D eigenvalue weighted by Crippen LogP contribution is 2.11. The van der Waals surface area contributed by atoms with Gasteiger partial charge in [-0.1, -0.05) is 31.5 Å². The Morgan fingerprint density at radius 1 is 1.04 bits per heavy atom. The first kappa shape index (κ1) is 21.3. The van der Waals surface area contributed by atoms with E-state index in [2.05, 4.69) is 61.5 Å². The van der Waals surface area contributed by atoms with Gasteiger partial charge in [0.15, 0.2) is 7.14 Å².